The van der Waals surface area contributed by atoms with E-state index in [4.69, 9.17) is 0 Å². The Bertz CT molecular complexity index is 293. The van der Waals surface area contributed by atoms with Crippen LogP contribution in [0.3, 0.4) is 0 Å². The molecule has 2 N–H and O–H groups in total. The predicted molar refractivity (Wildman–Crippen MR) is 58.4 cm³/mol. The Morgan fingerprint density at radius 2 is 1.93 bits per heavy atom. The molecule has 1 rings (SSSR count). The van der Waals surface area contributed by atoms with E-state index >= 15 is 0 Å². The molecular formula is C11H16N2O. The van der Waals surface area contributed by atoms with Crippen molar-refractivity contribution in [2.45, 2.75) is 13.3 Å². The van der Waals surface area contributed by atoms with Crippen molar-refractivity contribution in [1.82, 2.24) is 5.32 Å². The summed E-state index contributed by atoms with van der Waals surface area (Å²) in [5, 5.41) is 5.80. The van der Waals surface area contributed by atoms with E-state index in [9.17, 15) is 4.79 Å². The minimum absolute atomic E-state index is 0.0738. The average Bonchev–Trinajstić information content (AvgIpc) is 2.19. The van der Waals surface area contributed by atoms with Gasteiger partial charge in [-0.05, 0) is 24.6 Å². The molecule has 3 nitrogen and oxygen atoms in total. The fourth-order valence-electron chi connectivity index (χ4n) is 1.23. The van der Waals surface area contributed by atoms with Crippen LogP contribution in [0.5, 0.6) is 0 Å². The lowest BCUT2D eigenvalue weighted by atomic mass is 10.1. The van der Waals surface area contributed by atoms with Crippen molar-refractivity contribution < 1.29 is 4.79 Å². The zero-order valence-electron chi connectivity index (χ0n) is 8.63. The number of nitrogens with one attached hydrogen (secondary N) is 2. The Hall–Kier alpha value is -1.51. The van der Waals surface area contributed by atoms with Gasteiger partial charge in [0, 0.05) is 19.3 Å². The summed E-state index contributed by atoms with van der Waals surface area (Å²) in [6.45, 7) is 2.61. The Morgan fingerprint density at radius 1 is 1.29 bits per heavy atom. The number of carbonyl (C=O) groups is 1. The summed E-state index contributed by atoms with van der Waals surface area (Å²) in [6, 6.07) is 7.85. The van der Waals surface area contributed by atoms with Gasteiger partial charge < -0.3 is 10.6 Å². The van der Waals surface area contributed by atoms with Crippen molar-refractivity contribution >= 4 is 11.6 Å². The molecular weight excluding hydrogens is 176 g/mol. The molecule has 0 unspecified atom stereocenters. The summed E-state index contributed by atoms with van der Waals surface area (Å²) in [4.78, 5) is 11.2. The van der Waals surface area contributed by atoms with Crippen molar-refractivity contribution in [3.05, 3.63) is 29.8 Å². The van der Waals surface area contributed by atoms with Crippen molar-refractivity contribution in [2.24, 2.45) is 0 Å². The number of carbonyl (C=O) groups excluding carboxylic acids is 1. The van der Waals surface area contributed by atoms with E-state index in [2.05, 4.69) is 10.6 Å². The maximum absolute atomic E-state index is 11.2. The molecule has 0 heterocycles. The van der Waals surface area contributed by atoms with Gasteiger partial charge in [-0.1, -0.05) is 12.1 Å². The van der Waals surface area contributed by atoms with Crippen molar-refractivity contribution in [1.29, 1.82) is 0 Å². The molecule has 0 radical (unpaired) electrons. The number of hydrogen-bond donors (Lipinski definition) is 2. The van der Waals surface area contributed by atoms with Gasteiger partial charge in [0.2, 0.25) is 5.91 Å². The van der Waals surface area contributed by atoms with Crippen LogP contribution in [0.2, 0.25) is 0 Å². The van der Waals surface area contributed by atoms with Gasteiger partial charge in [0.1, 0.15) is 0 Å². The highest BCUT2D eigenvalue weighted by Gasteiger charge is 2.00. The first-order valence-electron chi connectivity index (χ1n) is 4.79. The Balaban J connectivity index is 2.55. The molecule has 0 saturated carbocycles. The minimum Gasteiger partial charge on any atom is -0.388 e. The average molecular weight is 192 g/mol. The number of benzene rings is 1. The molecule has 0 aliphatic rings. The summed E-state index contributed by atoms with van der Waals surface area (Å²) in [7, 11) is 1.87. The number of amides is 1. The van der Waals surface area contributed by atoms with Crippen molar-refractivity contribution in [2.75, 3.05) is 18.9 Å². The normalized spacial score (nSPS) is 9.57. The maximum atomic E-state index is 11.2. The molecule has 0 atom stereocenters. The zero-order valence-corrected chi connectivity index (χ0v) is 8.63. The number of rotatable bonds is 4. The molecule has 0 aromatic heterocycles. The molecule has 1 aromatic rings. The van der Waals surface area contributed by atoms with E-state index in [-0.39, 0.29) is 5.91 Å². The monoisotopic (exact) mass is 192 g/mol. The quantitative estimate of drug-likeness (QED) is 0.757. The lowest BCUT2D eigenvalue weighted by Crippen LogP contribution is -2.24. The summed E-state index contributed by atoms with van der Waals surface area (Å²) in [5.74, 6) is 0.0738. The fourth-order valence-corrected chi connectivity index (χ4v) is 1.23. The zero-order chi connectivity index (χ0) is 10.4. The molecule has 14 heavy (non-hydrogen) atoms. The highest BCUT2D eigenvalue weighted by Crippen LogP contribution is 2.08. The first kappa shape index (κ1) is 10.6. The van der Waals surface area contributed by atoms with E-state index in [1.165, 1.54) is 0 Å². The van der Waals surface area contributed by atoms with Gasteiger partial charge in [0.15, 0.2) is 0 Å². The second-order valence-corrected chi connectivity index (χ2v) is 3.08. The smallest absolute Gasteiger partial charge is 0.224 e. The summed E-state index contributed by atoms with van der Waals surface area (Å²) in [5.41, 5.74) is 2.10. The molecule has 0 bridgehead atoms. The fraction of sp³-hybridized carbons (Fsp3) is 0.364. The van der Waals surface area contributed by atoms with Gasteiger partial charge in [-0.2, -0.15) is 0 Å². The first-order chi connectivity index (χ1) is 6.76. The summed E-state index contributed by atoms with van der Waals surface area (Å²) in [6.07, 6.45) is 0.456. The van der Waals surface area contributed by atoms with E-state index in [1.54, 1.807) is 0 Å². The van der Waals surface area contributed by atoms with Crippen molar-refractivity contribution in [3.8, 4) is 0 Å². The van der Waals surface area contributed by atoms with Gasteiger partial charge in [-0.25, -0.2) is 0 Å². The Labute approximate surface area is 84.5 Å². The van der Waals surface area contributed by atoms with Crippen LogP contribution < -0.4 is 10.6 Å². The SMILES string of the molecule is CCNC(=O)Cc1ccc(NC)cc1. The van der Waals surface area contributed by atoms with Gasteiger partial charge in [0.25, 0.3) is 0 Å². The maximum Gasteiger partial charge on any atom is 0.224 e. The van der Waals surface area contributed by atoms with E-state index in [0.717, 1.165) is 11.3 Å². The van der Waals surface area contributed by atoms with Gasteiger partial charge in [-0.3, -0.25) is 4.79 Å². The molecule has 0 aliphatic carbocycles. The lowest BCUT2D eigenvalue weighted by Gasteiger charge is -2.03. The minimum atomic E-state index is 0.0738. The van der Waals surface area contributed by atoms with E-state index in [0.29, 0.717) is 13.0 Å². The number of hydrogen-bond acceptors (Lipinski definition) is 2. The van der Waals surface area contributed by atoms with Crippen LogP contribution in [0.1, 0.15) is 12.5 Å². The molecule has 0 aliphatic heterocycles. The van der Waals surface area contributed by atoms with Gasteiger partial charge >= 0.3 is 0 Å². The Kier molecular flexibility index (Phi) is 3.98. The van der Waals surface area contributed by atoms with Crippen LogP contribution in [-0.4, -0.2) is 19.5 Å². The second-order valence-electron chi connectivity index (χ2n) is 3.08. The summed E-state index contributed by atoms with van der Waals surface area (Å²) < 4.78 is 0. The third-order valence-electron chi connectivity index (χ3n) is 1.98. The Morgan fingerprint density at radius 3 is 2.43 bits per heavy atom. The molecule has 0 spiro atoms. The van der Waals surface area contributed by atoms with Crippen LogP contribution in [0.25, 0.3) is 0 Å². The molecule has 1 aromatic carbocycles. The first-order valence-corrected chi connectivity index (χ1v) is 4.79. The van der Waals surface area contributed by atoms with Crippen molar-refractivity contribution in [3.63, 3.8) is 0 Å². The molecule has 76 valence electrons. The van der Waals surface area contributed by atoms with Crippen LogP contribution in [0.4, 0.5) is 5.69 Å². The standard InChI is InChI=1S/C11H16N2O/c1-3-13-11(14)8-9-4-6-10(12-2)7-5-9/h4-7,12H,3,8H2,1-2H3,(H,13,14). The van der Waals surface area contributed by atoms with Crippen LogP contribution in [-0.2, 0) is 11.2 Å². The molecule has 3 heteroatoms. The third-order valence-corrected chi connectivity index (χ3v) is 1.98. The van der Waals surface area contributed by atoms with Gasteiger partial charge in [-0.15, -0.1) is 0 Å². The molecule has 0 fully saturated rings. The highest BCUT2D eigenvalue weighted by molar-refractivity contribution is 5.78. The largest absolute Gasteiger partial charge is 0.388 e. The topological polar surface area (TPSA) is 41.1 Å². The molecule has 0 saturated heterocycles. The second kappa shape index (κ2) is 5.27. The number of likely N-dealkylation sites (N-methyl/N-ethyl adjacent to an activating group) is 1. The third kappa shape index (κ3) is 3.09. The highest BCUT2D eigenvalue weighted by atomic mass is 16.1. The van der Waals surface area contributed by atoms with E-state index < -0.39 is 0 Å². The van der Waals surface area contributed by atoms with Gasteiger partial charge in [0.05, 0.1) is 6.42 Å². The van der Waals surface area contributed by atoms with Crippen LogP contribution >= 0.6 is 0 Å². The summed E-state index contributed by atoms with van der Waals surface area (Å²) >= 11 is 0. The lowest BCUT2D eigenvalue weighted by molar-refractivity contribution is -0.120. The van der Waals surface area contributed by atoms with Crippen LogP contribution in [0.15, 0.2) is 24.3 Å². The van der Waals surface area contributed by atoms with Crippen LogP contribution in [0, 0.1) is 0 Å². The predicted octanol–water partition coefficient (Wildman–Crippen LogP) is 1.41. The molecule has 1 amide bonds. The number of anilines is 1. The van der Waals surface area contributed by atoms with E-state index in [1.807, 2.05) is 38.2 Å².